The van der Waals surface area contributed by atoms with Crippen molar-refractivity contribution in [2.45, 2.75) is 46.2 Å². The first-order chi connectivity index (χ1) is 8.49. The molecule has 0 unspecified atom stereocenters. The number of methoxy groups -OCH3 is 2. The van der Waals surface area contributed by atoms with Crippen LogP contribution in [0.5, 0.6) is 11.5 Å². The lowest BCUT2D eigenvalue weighted by molar-refractivity contribution is 0.353. The zero-order valence-electron chi connectivity index (χ0n) is 12.3. The molecule has 102 valence electrons. The van der Waals surface area contributed by atoms with Gasteiger partial charge in [-0.05, 0) is 29.2 Å². The largest absolute Gasteiger partial charge is 0.493 e. The summed E-state index contributed by atoms with van der Waals surface area (Å²) in [5, 5.41) is 3.45. The molecule has 0 fully saturated rings. The maximum atomic E-state index is 5.37. The van der Waals surface area contributed by atoms with E-state index in [0.717, 1.165) is 18.0 Å². The van der Waals surface area contributed by atoms with E-state index in [4.69, 9.17) is 9.47 Å². The lowest BCUT2D eigenvalue weighted by Gasteiger charge is -2.18. The van der Waals surface area contributed by atoms with Crippen molar-refractivity contribution < 1.29 is 9.47 Å². The third-order valence-corrected chi connectivity index (χ3v) is 2.97. The van der Waals surface area contributed by atoms with Gasteiger partial charge in [-0.2, -0.15) is 0 Å². The summed E-state index contributed by atoms with van der Waals surface area (Å²) >= 11 is 0. The minimum atomic E-state index is 0.466. The molecule has 0 heterocycles. The molecule has 1 rings (SSSR count). The van der Waals surface area contributed by atoms with Crippen LogP contribution < -0.4 is 14.8 Å². The fourth-order valence-corrected chi connectivity index (χ4v) is 1.94. The van der Waals surface area contributed by atoms with E-state index in [1.165, 1.54) is 11.1 Å². The van der Waals surface area contributed by atoms with Crippen LogP contribution in [0, 0.1) is 0 Å². The number of hydrogen-bond acceptors (Lipinski definition) is 3. The van der Waals surface area contributed by atoms with Gasteiger partial charge >= 0.3 is 0 Å². The van der Waals surface area contributed by atoms with Crippen LogP contribution >= 0.6 is 0 Å². The Balaban J connectivity index is 3.12. The van der Waals surface area contributed by atoms with E-state index in [1.807, 2.05) is 0 Å². The van der Waals surface area contributed by atoms with Crippen LogP contribution in [0.4, 0.5) is 0 Å². The van der Waals surface area contributed by atoms with Gasteiger partial charge < -0.3 is 14.8 Å². The molecule has 0 aliphatic heterocycles. The molecule has 0 aromatic heterocycles. The third kappa shape index (κ3) is 3.64. The molecule has 3 nitrogen and oxygen atoms in total. The maximum Gasteiger partial charge on any atom is 0.161 e. The van der Waals surface area contributed by atoms with Gasteiger partial charge in [0.25, 0.3) is 0 Å². The highest BCUT2D eigenvalue weighted by Gasteiger charge is 2.13. The zero-order valence-corrected chi connectivity index (χ0v) is 12.3. The first-order valence-electron chi connectivity index (χ1n) is 6.47. The summed E-state index contributed by atoms with van der Waals surface area (Å²) in [7, 11) is 3.35. The lowest BCUT2D eigenvalue weighted by atomic mass is 9.96. The van der Waals surface area contributed by atoms with Crippen LogP contribution in [0.1, 0.15) is 44.7 Å². The van der Waals surface area contributed by atoms with Gasteiger partial charge in [0.2, 0.25) is 0 Å². The van der Waals surface area contributed by atoms with Gasteiger partial charge in [0.15, 0.2) is 11.5 Å². The Hall–Kier alpha value is -1.22. The highest BCUT2D eigenvalue weighted by atomic mass is 16.5. The van der Waals surface area contributed by atoms with Gasteiger partial charge in [-0.1, -0.05) is 27.7 Å². The number of rotatable bonds is 6. The molecule has 1 N–H and O–H groups in total. The molecule has 0 radical (unpaired) electrons. The van der Waals surface area contributed by atoms with Gasteiger partial charge in [0, 0.05) is 12.6 Å². The van der Waals surface area contributed by atoms with Gasteiger partial charge in [-0.3, -0.25) is 0 Å². The molecule has 0 aliphatic carbocycles. The monoisotopic (exact) mass is 251 g/mol. The fraction of sp³-hybridized carbons (Fsp3) is 0.600. The first-order valence-corrected chi connectivity index (χ1v) is 6.47. The second-order valence-electron chi connectivity index (χ2n) is 5.10. The average Bonchev–Trinajstić information content (AvgIpc) is 2.34. The summed E-state index contributed by atoms with van der Waals surface area (Å²) in [5.74, 6) is 2.06. The lowest BCUT2D eigenvalue weighted by Crippen LogP contribution is -2.22. The van der Waals surface area contributed by atoms with Gasteiger partial charge in [-0.25, -0.2) is 0 Å². The standard InChI is InChI=1S/C15H25NO2/c1-10(2)13-8-15(18-6)14(17-5)7-12(13)9-16-11(3)4/h7-8,10-11,16H,9H2,1-6H3. The van der Waals surface area contributed by atoms with E-state index in [-0.39, 0.29) is 0 Å². The third-order valence-electron chi connectivity index (χ3n) is 2.97. The number of benzene rings is 1. The van der Waals surface area contributed by atoms with Crippen LogP contribution in [0.3, 0.4) is 0 Å². The smallest absolute Gasteiger partial charge is 0.161 e. The molecular weight excluding hydrogens is 226 g/mol. The normalized spacial score (nSPS) is 11.1. The van der Waals surface area contributed by atoms with Crippen molar-refractivity contribution in [3.05, 3.63) is 23.3 Å². The summed E-state index contributed by atoms with van der Waals surface area (Å²) in [4.78, 5) is 0. The van der Waals surface area contributed by atoms with E-state index in [2.05, 4.69) is 45.1 Å². The zero-order chi connectivity index (χ0) is 13.7. The molecule has 18 heavy (non-hydrogen) atoms. The Morgan fingerprint density at radius 2 is 1.56 bits per heavy atom. The Morgan fingerprint density at radius 1 is 1.00 bits per heavy atom. The molecule has 0 bridgehead atoms. The Bertz CT molecular complexity index is 386. The minimum Gasteiger partial charge on any atom is -0.493 e. The molecule has 0 spiro atoms. The second kappa shape index (κ2) is 6.64. The van der Waals surface area contributed by atoms with Crippen molar-refractivity contribution in [2.75, 3.05) is 14.2 Å². The maximum absolute atomic E-state index is 5.37. The summed E-state index contributed by atoms with van der Waals surface area (Å²) in [6.07, 6.45) is 0. The van der Waals surface area contributed by atoms with Crippen molar-refractivity contribution in [3.63, 3.8) is 0 Å². The molecule has 0 aliphatic rings. The van der Waals surface area contributed by atoms with Crippen LogP contribution in [0.25, 0.3) is 0 Å². The number of hydrogen-bond donors (Lipinski definition) is 1. The van der Waals surface area contributed by atoms with Crippen molar-refractivity contribution >= 4 is 0 Å². The predicted molar refractivity (Wildman–Crippen MR) is 75.6 cm³/mol. The van der Waals surface area contributed by atoms with Crippen LogP contribution in [0.2, 0.25) is 0 Å². The van der Waals surface area contributed by atoms with Gasteiger partial charge in [0.1, 0.15) is 0 Å². The molecular formula is C15H25NO2. The molecule has 0 saturated heterocycles. The Morgan fingerprint density at radius 3 is 2.00 bits per heavy atom. The molecule has 1 aromatic carbocycles. The predicted octanol–water partition coefficient (Wildman–Crippen LogP) is 3.33. The molecule has 0 saturated carbocycles. The molecule has 0 atom stereocenters. The van der Waals surface area contributed by atoms with Crippen molar-refractivity contribution in [1.82, 2.24) is 5.32 Å². The van der Waals surface area contributed by atoms with Crippen LogP contribution in [-0.2, 0) is 6.54 Å². The highest BCUT2D eigenvalue weighted by molar-refractivity contribution is 5.48. The number of ether oxygens (including phenoxy) is 2. The molecule has 0 amide bonds. The van der Waals surface area contributed by atoms with Crippen molar-refractivity contribution in [1.29, 1.82) is 0 Å². The van der Waals surface area contributed by atoms with E-state index in [9.17, 15) is 0 Å². The molecule has 1 aromatic rings. The summed E-state index contributed by atoms with van der Waals surface area (Å²) in [6.45, 7) is 9.54. The Labute approximate surface area is 110 Å². The van der Waals surface area contributed by atoms with Crippen molar-refractivity contribution in [2.24, 2.45) is 0 Å². The summed E-state index contributed by atoms with van der Waals surface area (Å²) in [6, 6.07) is 4.63. The quantitative estimate of drug-likeness (QED) is 0.841. The van der Waals surface area contributed by atoms with E-state index in [1.54, 1.807) is 14.2 Å². The topological polar surface area (TPSA) is 30.5 Å². The van der Waals surface area contributed by atoms with Crippen LogP contribution in [0.15, 0.2) is 12.1 Å². The van der Waals surface area contributed by atoms with Crippen LogP contribution in [-0.4, -0.2) is 20.3 Å². The fourth-order valence-electron chi connectivity index (χ4n) is 1.94. The second-order valence-corrected chi connectivity index (χ2v) is 5.10. The van der Waals surface area contributed by atoms with Gasteiger partial charge in [0.05, 0.1) is 14.2 Å². The summed E-state index contributed by atoms with van der Waals surface area (Å²) in [5.41, 5.74) is 2.58. The van der Waals surface area contributed by atoms with E-state index < -0.39 is 0 Å². The number of nitrogens with one attached hydrogen (secondary N) is 1. The van der Waals surface area contributed by atoms with Crippen molar-refractivity contribution in [3.8, 4) is 11.5 Å². The van der Waals surface area contributed by atoms with Gasteiger partial charge in [-0.15, -0.1) is 0 Å². The van der Waals surface area contributed by atoms with E-state index >= 15 is 0 Å². The highest BCUT2D eigenvalue weighted by Crippen LogP contribution is 2.33. The Kier molecular flexibility index (Phi) is 5.48. The summed E-state index contributed by atoms with van der Waals surface area (Å²) < 4.78 is 10.7. The average molecular weight is 251 g/mol. The first kappa shape index (κ1) is 14.8. The SMILES string of the molecule is COc1cc(CNC(C)C)c(C(C)C)cc1OC. The minimum absolute atomic E-state index is 0.466. The molecule has 3 heteroatoms. The van der Waals surface area contributed by atoms with E-state index in [0.29, 0.717) is 12.0 Å².